The summed E-state index contributed by atoms with van der Waals surface area (Å²) in [6.45, 7) is -0.325. The third kappa shape index (κ3) is 3.41. The van der Waals surface area contributed by atoms with E-state index >= 15 is 0 Å². The molecule has 0 saturated carbocycles. The van der Waals surface area contributed by atoms with E-state index in [4.69, 9.17) is 13.6 Å². The zero-order valence-corrected chi connectivity index (χ0v) is 19.4. The Balaban J connectivity index is 1.79. The van der Waals surface area contributed by atoms with Crippen molar-refractivity contribution in [2.45, 2.75) is 0 Å². The molecule has 170 valence electrons. The van der Waals surface area contributed by atoms with Crippen LogP contribution in [0.2, 0.25) is 0 Å². The Morgan fingerprint density at radius 1 is 0.914 bits per heavy atom. The highest BCUT2D eigenvalue weighted by molar-refractivity contribution is 7.17. The van der Waals surface area contributed by atoms with Crippen LogP contribution >= 0.6 is 11.3 Å². The molecule has 0 aliphatic rings. The van der Waals surface area contributed by atoms with Crippen LogP contribution < -0.4 is 10.4 Å². The van der Waals surface area contributed by atoms with Gasteiger partial charge >= 0.3 is 5.63 Å². The predicted octanol–water partition coefficient (Wildman–Crippen LogP) is 6.44. The molecule has 0 amide bonds. The van der Waals surface area contributed by atoms with E-state index in [1.54, 1.807) is 30.6 Å². The quantitative estimate of drug-likeness (QED) is 0.296. The van der Waals surface area contributed by atoms with Crippen molar-refractivity contribution >= 4 is 43.2 Å². The van der Waals surface area contributed by atoms with Crippen LogP contribution in [0.25, 0.3) is 54.5 Å². The lowest BCUT2D eigenvalue weighted by molar-refractivity contribution is 0.350. The normalized spacial score (nSPS) is 11.1. The molecule has 5 nitrogen and oxygen atoms in total. The van der Waals surface area contributed by atoms with Gasteiger partial charge < -0.3 is 18.7 Å². The van der Waals surface area contributed by atoms with Crippen LogP contribution in [0.5, 0.6) is 5.75 Å². The van der Waals surface area contributed by atoms with Crippen LogP contribution in [-0.2, 0) is 0 Å². The van der Waals surface area contributed by atoms with E-state index < -0.39 is 5.63 Å². The van der Waals surface area contributed by atoms with Crippen LogP contribution in [-0.4, -0.2) is 18.8 Å². The van der Waals surface area contributed by atoms with Gasteiger partial charge in [-0.15, -0.1) is 11.3 Å². The van der Waals surface area contributed by atoms with Crippen molar-refractivity contribution < 1.29 is 18.7 Å². The Kier molecular flexibility index (Phi) is 5.14. The molecule has 6 rings (SSSR count). The predicted molar refractivity (Wildman–Crippen MR) is 139 cm³/mol. The molecule has 1 N–H and O–H groups in total. The molecule has 0 spiro atoms. The van der Waals surface area contributed by atoms with Crippen LogP contribution in [0.3, 0.4) is 0 Å². The molecular formula is C29H18O5S. The SMILES string of the molecule is COc1ccc2oc(-c3csc4ccccc34)c(-c3oc(=O)c4ccccc4c3C#CCO)c2c1. The van der Waals surface area contributed by atoms with E-state index in [0.717, 1.165) is 21.0 Å². The van der Waals surface area contributed by atoms with E-state index in [2.05, 4.69) is 17.9 Å². The minimum Gasteiger partial charge on any atom is -0.497 e. The Labute approximate surface area is 203 Å². The number of ether oxygens (including phenoxy) is 1. The van der Waals surface area contributed by atoms with Gasteiger partial charge in [0, 0.05) is 31.8 Å². The van der Waals surface area contributed by atoms with Crippen LogP contribution in [0.15, 0.2) is 85.7 Å². The van der Waals surface area contributed by atoms with E-state index in [1.807, 2.05) is 53.9 Å². The molecule has 6 heteroatoms. The zero-order chi connectivity index (χ0) is 23.9. The van der Waals surface area contributed by atoms with Gasteiger partial charge in [-0.05, 0) is 30.3 Å². The first-order valence-corrected chi connectivity index (χ1v) is 11.8. The van der Waals surface area contributed by atoms with Crippen molar-refractivity contribution in [1.82, 2.24) is 0 Å². The van der Waals surface area contributed by atoms with Gasteiger partial charge in [-0.3, -0.25) is 0 Å². The summed E-state index contributed by atoms with van der Waals surface area (Å²) in [7, 11) is 1.60. The van der Waals surface area contributed by atoms with Gasteiger partial charge in [-0.1, -0.05) is 48.2 Å². The summed E-state index contributed by atoms with van der Waals surface area (Å²) < 4.78 is 19.0. The number of furan rings is 1. The average molecular weight is 479 g/mol. The van der Waals surface area contributed by atoms with Gasteiger partial charge in [0.1, 0.15) is 23.7 Å². The Bertz CT molecular complexity index is 1860. The fourth-order valence-corrected chi connectivity index (χ4v) is 5.34. The van der Waals surface area contributed by atoms with Crippen molar-refractivity contribution in [3.05, 3.63) is 88.1 Å². The lowest BCUT2D eigenvalue weighted by Gasteiger charge is -2.08. The van der Waals surface area contributed by atoms with Crippen molar-refractivity contribution in [3.8, 4) is 40.2 Å². The first-order chi connectivity index (χ1) is 17.2. The Morgan fingerprint density at radius 3 is 2.49 bits per heavy atom. The van der Waals surface area contributed by atoms with Crippen LogP contribution in [0, 0.1) is 11.8 Å². The van der Waals surface area contributed by atoms with E-state index in [9.17, 15) is 9.90 Å². The average Bonchev–Trinajstić information content (AvgIpc) is 3.49. The molecule has 3 aromatic heterocycles. The zero-order valence-electron chi connectivity index (χ0n) is 18.6. The summed E-state index contributed by atoms with van der Waals surface area (Å²) in [6, 6.07) is 20.8. The lowest BCUT2D eigenvalue weighted by atomic mass is 9.97. The molecule has 0 radical (unpaired) electrons. The maximum atomic E-state index is 13.1. The molecule has 3 heterocycles. The third-order valence-electron chi connectivity index (χ3n) is 5.98. The lowest BCUT2D eigenvalue weighted by Crippen LogP contribution is -2.03. The first-order valence-electron chi connectivity index (χ1n) is 10.9. The number of aliphatic hydroxyl groups excluding tert-OH is 1. The summed E-state index contributed by atoms with van der Waals surface area (Å²) in [6.07, 6.45) is 0. The molecule has 6 aromatic rings. The van der Waals surface area contributed by atoms with Crippen molar-refractivity contribution in [2.75, 3.05) is 13.7 Å². The van der Waals surface area contributed by atoms with Gasteiger partial charge in [0.15, 0.2) is 5.76 Å². The van der Waals surface area contributed by atoms with E-state index in [-0.39, 0.29) is 6.61 Å². The molecule has 0 unspecified atom stereocenters. The molecular weight excluding hydrogens is 460 g/mol. The monoisotopic (exact) mass is 478 g/mol. The van der Waals surface area contributed by atoms with Gasteiger partial charge in [0.2, 0.25) is 0 Å². The molecule has 0 aliphatic heterocycles. The van der Waals surface area contributed by atoms with Gasteiger partial charge in [-0.2, -0.15) is 0 Å². The standard InChI is InChI=1S/C29H18O5S/c1-32-17-12-13-24-22(15-17)26(28(33-24)23-16-35-25-11-5-4-8-19(23)25)27-20(10-6-14-30)18-7-2-3-9-21(18)29(31)34-27/h2-5,7-9,11-13,15-16,30H,14H2,1H3. The molecule has 35 heavy (non-hydrogen) atoms. The van der Waals surface area contributed by atoms with Gasteiger partial charge in [-0.25, -0.2) is 4.79 Å². The fraction of sp³-hybridized carbons (Fsp3) is 0.0690. The van der Waals surface area contributed by atoms with E-state index in [0.29, 0.717) is 44.8 Å². The van der Waals surface area contributed by atoms with Crippen LogP contribution in [0.4, 0.5) is 0 Å². The molecule has 0 atom stereocenters. The van der Waals surface area contributed by atoms with Gasteiger partial charge in [0.05, 0.1) is 23.6 Å². The van der Waals surface area contributed by atoms with Crippen molar-refractivity contribution in [3.63, 3.8) is 0 Å². The maximum Gasteiger partial charge on any atom is 0.344 e. The highest BCUT2D eigenvalue weighted by atomic mass is 32.1. The Morgan fingerprint density at radius 2 is 1.69 bits per heavy atom. The molecule has 3 aromatic carbocycles. The van der Waals surface area contributed by atoms with Crippen molar-refractivity contribution in [1.29, 1.82) is 0 Å². The first kappa shape index (κ1) is 21.2. The van der Waals surface area contributed by atoms with Gasteiger partial charge in [0.25, 0.3) is 0 Å². The van der Waals surface area contributed by atoms with E-state index in [1.165, 1.54) is 0 Å². The highest BCUT2D eigenvalue weighted by Gasteiger charge is 2.26. The summed E-state index contributed by atoms with van der Waals surface area (Å²) in [4.78, 5) is 13.1. The summed E-state index contributed by atoms with van der Waals surface area (Å²) in [5, 5.41) is 14.3. The second kappa shape index (κ2) is 8.48. The number of rotatable bonds is 3. The second-order valence-electron chi connectivity index (χ2n) is 7.91. The number of hydrogen-bond donors (Lipinski definition) is 1. The minimum absolute atomic E-state index is 0.298. The largest absolute Gasteiger partial charge is 0.497 e. The number of benzene rings is 3. The maximum absolute atomic E-state index is 13.1. The number of hydrogen-bond acceptors (Lipinski definition) is 6. The minimum atomic E-state index is -0.469. The second-order valence-corrected chi connectivity index (χ2v) is 8.82. The number of aliphatic hydroxyl groups is 1. The smallest absolute Gasteiger partial charge is 0.344 e. The number of methoxy groups -OCH3 is 1. The third-order valence-corrected chi connectivity index (χ3v) is 6.94. The van der Waals surface area contributed by atoms with Crippen molar-refractivity contribution in [2.24, 2.45) is 0 Å². The van der Waals surface area contributed by atoms with Crippen LogP contribution in [0.1, 0.15) is 5.56 Å². The Hall–Kier alpha value is -4.31. The number of thiophene rings is 1. The fourth-order valence-electron chi connectivity index (χ4n) is 4.40. The molecule has 0 fully saturated rings. The summed E-state index contributed by atoms with van der Waals surface area (Å²) in [5.41, 5.74) is 2.19. The summed E-state index contributed by atoms with van der Waals surface area (Å²) >= 11 is 1.62. The number of fused-ring (bicyclic) bond motifs is 3. The molecule has 0 saturated heterocycles. The highest BCUT2D eigenvalue weighted by Crippen LogP contribution is 2.46. The topological polar surface area (TPSA) is 72.8 Å². The molecule has 0 aliphatic carbocycles. The summed E-state index contributed by atoms with van der Waals surface area (Å²) in [5.74, 6) is 7.27. The molecule has 0 bridgehead atoms.